The van der Waals surface area contributed by atoms with Crippen LogP contribution in [0.25, 0.3) is 0 Å². The first-order valence-corrected chi connectivity index (χ1v) is 9.37. The smallest absolute Gasteiger partial charge is 0.323 e. The van der Waals surface area contributed by atoms with Crippen molar-refractivity contribution in [3.8, 4) is 5.75 Å². The van der Waals surface area contributed by atoms with Crippen LogP contribution in [0.2, 0.25) is 0 Å². The van der Waals surface area contributed by atoms with Crippen LogP contribution in [0.4, 0.5) is 0 Å². The van der Waals surface area contributed by atoms with Crippen LogP contribution in [0.15, 0.2) is 30.3 Å². The Bertz CT molecular complexity index is 876. The van der Waals surface area contributed by atoms with Crippen molar-refractivity contribution in [1.29, 1.82) is 0 Å². The van der Waals surface area contributed by atoms with Gasteiger partial charge in [-0.25, -0.2) is 0 Å². The lowest BCUT2D eigenvalue weighted by atomic mass is 9.73. The molecule has 1 heterocycles. The first-order chi connectivity index (χ1) is 11.9. The van der Waals surface area contributed by atoms with Crippen LogP contribution in [0.5, 0.6) is 5.75 Å². The number of carbonyl (C=O) groups excluding carboxylic acids is 1. The van der Waals surface area contributed by atoms with Gasteiger partial charge in [0.2, 0.25) is 0 Å². The van der Waals surface area contributed by atoms with E-state index in [4.69, 9.17) is 4.74 Å². The van der Waals surface area contributed by atoms with Gasteiger partial charge in [-0.05, 0) is 58.6 Å². The van der Waals surface area contributed by atoms with Crippen LogP contribution in [-0.2, 0) is 15.6 Å². The average molecular weight is 351 g/mol. The molecule has 0 N–H and O–H groups in total. The van der Waals surface area contributed by atoms with Crippen molar-refractivity contribution >= 4 is 5.97 Å². The number of esters is 1. The molecule has 26 heavy (non-hydrogen) atoms. The maximum Gasteiger partial charge on any atom is 0.323 e. The van der Waals surface area contributed by atoms with Crippen molar-refractivity contribution in [2.24, 2.45) is 0 Å². The second-order valence-corrected chi connectivity index (χ2v) is 9.63. The number of hydrogen-bond donors (Lipinski definition) is 0. The predicted octanol–water partition coefficient (Wildman–Crippen LogP) is 5.95. The Labute approximate surface area is 157 Å². The summed E-state index contributed by atoms with van der Waals surface area (Å²) in [5, 5.41) is 0. The van der Waals surface area contributed by atoms with Crippen molar-refractivity contribution < 1.29 is 9.53 Å². The van der Waals surface area contributed by atoms with Gasteiger partial charge in [-0.15, -0.1) is 0 Å². The zero-order valence-corrected chi connectivity index (χ0v) is 17.3. The highest BCUT2D eigenvalue weighted by atomic mass is 16.5. The molecule has 0 bridgehead atoms. The van der Waals surface area contributed by atoms with Gasteiger partial charge in [-0.3, -0.25) is 4.79 Å². The summed E-state index contributed by atoms with van der Waals surface area (Å²) in [6.07, 6.45) is 0. The third-order valence-electron chi connectivity index (χ3n) is 5.39. The lowest BCUT2D eigenvalue weighted by Gasteiger charge is -2.31. The summed E-state index contributed by atoms with van der Waals surface area (Å²) in [6.45, 7) is 17.5. The highest BCUT2D eigenvalue weighted by Gasteiger charge is 2.38. The van der Waals surface area contributed by atoms with E-state index in [0.717, 1.165) is 16.9 Å². The molecule has 0 aromatic heterocycles. The van der Waals surface area contributed by atoms with E-state index in [0.29, 0.717) is 0 Å². The Balaban J connectivity index is 2.22. The third kappa shape index (κ3) is 3.18. The summed E-state index contributed by atoms with van der Waals surface area (Å²) in [4.78, 5) is 12.7. The minimum atomic E-state index is -0.334. The van der Waals surface area contributed by atoms with Crippen LogP contribution in [-0.4, -0.2) is 5.97 Å². The van der Waals surface area contributed by atoms with Crippen molar-refractivity contribution in [2.45, 2.75) is 72.1 Å². The maximum absolute atomic E-state index is 12.7. The largest absolute Gasteiger partial charge is 0.425 e. The van der Waals surface area contributed by atoms with E-state index in [1.807, 2.05) is 0 Å². The molecule has 2 aromatic rings. The molecule has 2 heteroatoms. The molecule has 1 aliphatic heterocycles. The van der Waals surface area contributed by atoms with E-state index >= 15 is 0 Å². The number of fused-ring (bicyclic) bond motifs is 1. The molecular weight excluding hydrogens is 320 g/mol. The van der Waals surface area contributed by atoms with E-state index in [9.17, 15) is 4.79 Å². The number of benzene rings is 2. The zero-order valence-electron chi connectivity index (χ0n) is 17.3. The second-order valence-electron chi connectivity index (χ2n) is 9.63. The molecular formula is C24H30O2. The monoisotopic (exact) mass is 350 g/mol. The van der Waals surface area contributed by atoms with Crippen molar-refractivity contribution in [1.82, 2.24) is 0 Å². The van der Waals surface area contributed by atoms with E-state index in [1.165, 1.54) is 22.3 Å². The van der Waals surface area contributed by atoms with Gasteiger partial charge in [0.1, 0.15) is 11.7 Å². The summed E-state index contributed by atoms with van der Waals surface area (Å²) in [7, 11) is 0. The number of aryl methyl sites for hydroxylation is 2. The van der Waals surface area contributed by atoms with Gasteiger partial charge in [-0.2, -0.15) is 0 Å². The lowest BCUT2D eigenvalue weighted by Crippen LogP contribution is -2.22. The Kier molecular flexibility index (Phi) is 4.29. The fourth-order valence-corrected chi connectivity index (χ4v) is 3.71. The molecule has 0 spiro atoms. The number of ether oxygens (including phenoxy) is 1. The number of carbonyl (C=O) groups is 1. The quantitative estimate of drug-likeness (QED) is 0.469. The van der Waals surface area contributed by atoms with Gasteiger partial charge in [0.15, 0.2) is 0 Å². The number of rotatable bonds is 1. The molecule has 0 saturated carbocycles. The van der Waals surface area contributed by atoms with Gasteiger partial charge < -0.3 is 4.74 Å². The topological polar surface area (TPSA) is 26.3 Å². The minimum Gasteiger partial charge on any atom is -0.425 e. The van der Waals surface area contributed by atoms with E-state index in [-0.39, 0.29) is 22.7 Å². The molecule has 0 amide bonds. The molecule has 0 radical (unpaired) electrons. The Morgan fingerprint density at radius 2 is 1.38 bits per heavy atom. The van der Waals surface area contributed by atoms with Gasteiger partial charge in [-0.1, -0.05) is 65.8 Å². The summed E-state index contributed by atoms with van der Waals surface area (Å²) in [5.41, 5.74) is 6.97. The van der Waals surface area contributed by atoms with Crippen LogP contribution in [0.3, 0.4) is 0 Å². The normalized spacial score (nSPS) is 17.2. The van der Waals surface area contributed by atoms with Gasteiger partial charge in [0.25, 0.3) is 0 Å². The SMILES string of the molecule is Cc1ccc(C2C(=O)Oc3cc(C(C)(C)C)c(C(C)(C)C)cc32)cc1C. The molecule has 0 saturated heterocycles. The minimum absolute atomic E-state index is 0.00295. The highest BCUT2D eigenvalue weighted by Crippen LogP contribution is 2.45. The Hall–Kier alpha value is -2.09. The van der Waals surface area contributed by atoms with Crippen molar-refractivity contribution in [3.63, 3.8) is 0 Å². The molecule has 138 valence electrons. The maximum atomic E-state index is 12.7. The average Bonchev–Trinajstić information content (AvgIpc) is 2.82. The predicted molar refractivity (Wildman–Crippen MR) is 107 cm³/mol. The standard InChI is InChI=1S/C24H30O2/c1-14-9-10-16(11-15(14)2)21-17-12-18(23(3,4)5)19(24(6,7)8)13-20(17)26-22(21)25/h9-13,21H,1-8H3. The van der Waals surface area contributed by atoms with Crippen LogP contribution in [0.1, 0.15) is 80.8 Å². The van der Waals surface area contributed by atoms with E-state index in [2.05, 4.69) is 85.7 Å². The summed E-state index contributed by atoms with van der Waals surface area (Å²) in [5.74, 6) is 0.213. The fourth-order valence-electron chi connectivity index (χ4n) is 3.71. The van der Waals surface area contributed by atoms with Crippen molar-refractivity contribution in [3.05, 3.63) is 63.7 Å². The van der Waals surface area contributed by atoms with Crippen LogP contribution >= 0.6 is 0 Å². The summed E-state index contributed by atoms with van der Waals surface area (Å²) < 4.78 is 5.71. The molecule has 1 atom stereocenters. The fraction of sp³-hybridized carbons (Fsp3) is 0.458. The van der Waals surface area contributed by atoms with E-state index in [1.54, 1.807) is 0 Å². The summed E-state index contributed by atoms with van der Waals surface area (Å²) in [6, 6.07) is 10.6. The number of hydrogen-bond acceptors (Lipinski definition) is 2. The zero-order chi connectivity index (χ0) is 19.4. The van der Waals surface area contributed by atoms with Gasteiger partial charge in [0.05, 0.1) is 0 Å². The Morgan fingerprint density at radius 3 is 1.92 bits per heavy atom. The molecule has 0 fully saturated rings. The first kappa shape index (κ1) is 18.7. The van der Waals surface area contributed by atoms with Gasteiger partial charge >= 0.3 is 5.97 Å². The highest BCUT2D eigenvalue weighted by molar-refractivity contribution is 5.90. The van der Waals surface area contributed by atoms with E-state index < -0.39 is 0 Å². The van der Waals surface area contributed by atoms with Gasteiger partial charge in [0, 0.05) is 5.56 Å². The summed E-state index contributed by atoms with van der Waals surface area (Å²) >= 11 is 0. The molecule has 3 rings (SSSR count). The Morgan fingerprint density at radius 1 is 0.808 bits per heavy atom. The molecule has 0 aliphatic carbocycles. The second kappa shape index (κ2) is 5.97. The first-order valence-electron chi connectivity index (χ1n) is 9.37. The molecule has 1 aliphatic rings. The van der Waals surface area contributed by atoms with Crippen molar-refractivity contribution in [2.75, 3.05) is 0 Å². The molecule has 1 unspecified atom stereocenters. The van der Waals surface area contributed by atoms with Crippen LogP contribution < -0.4 is 4.74 Å². The third-order valence-corrected chi connectivity index (χ3v) is 5.39. The molecule has 2 nitrogen and oxygen atoms in total. The molecule has 2 aromatic carbocycles. The lowest BCUT2D eigenvalue weighted by molar-refractivity contribution is -0.133. The van der Waals surface area contributed by atoms with Crippen LogP contribution in [0, 0.1) is 13.8 Å².